The number of likely N-dealkylation sites (tertiary alicyclic amines) is 1. The molecule has 3 rings (SSSR count). The highest BCUT2D eigenvalue weighted by Gasteiger charge is 2.34. The molecule has 1 aromatic heterocycles. The van der Waals surface area contributed by atoms with Crippen molar-refractivity contribution in [1.29, 1.82) is 0 Å². The highest BCUT2D eigenvalue weighted by Crippen LogP contribution is 2.33. The molecule has 1 aliphatic heterocycles. The summed E-state index contributed by atoms with van der Waals surface area (Å²) in [4.78, 5) is 14.0. The van der Waals surface area contributed by atoms with Crippen LogP contribution in [0.4, 0.5) is 4.39 Å². The third kappa shape index (κ3) is 3.75. The number of halogens is 1. The standard InChI is InChI=1S/C17H19FN2O3S2/c1-12(19-25(22,23)16-7-3-2-5-14(16)18)17(21)20-9-4-6-15(20)13-8-10-24-11-13/h2-3,5,7-8,10-12,15,19H,4,6,9H2,1H3/t12-,15+/m0/s1. The van der Waals surface area contributed by atoms with Crippen LogP contribution in [0, 0.1) is 5.82 Å². The third-order valence-electron chi connectivity index (χ3n) is 4.29. The molecule has 0 aliphatic carbocycles. The molecule has 0 saturated carbocycles. The second-order valence-corrected chi connectivity index (χ2v) is 8.48. The van der Waals surface area contributed by atoms with E-state index in [-0.39, 0.29) is 11.9 Å². The van der Waals surface area contributed by atoms with Crippen molar-refractivity contribution in [3.05, 3.63) is 52.5 Å². The number of nitrogens with zero attached hydrogens (tertiary/aromatic N) is 1. The SMILES string of the molecule is C[C@H](NS(=O)(=O)c1ccccc1F)C(=O)N1CCC[C@@H]1c1ccsc1. The summed E-state index contributed by atoms with van der Waals surface area (Å²) in [6.45, 7) is 2.08. The van der Waals surface area contributed by atoms with Gasteiger partial charge in [-0.2, -0.15) is 16.1 Å². The Bertz CT molecular complexity index is 853. The summed E-state index contributed by atoms with van der Waals surface area (Å²) in [5.41, 5.74) is 1.07. The Morgan fingerprint density at radius 2 is 2.12 bits per heavy atom. The Labute approximate surface area is 150 Å². The first kappa shape index (κ1) is 18.0. The lowest BCUT2D eigenvalue weighted by Gasteiger charge is -2.27. The first-order chi connectivity index (χ1) is 11.9. The van der Waals surface area contributed by atoms with E-state index in [1.807, 2.05) is 16.8 Å². The molecular weight excluding hydrogens is 363 g/mol. The molecule has 1 saturated heterocycles. The fourth-order valence-corrected chi connectivity index (χ4v) is 5.08. The minimum absolute atomic E-state index is 0.0286. The van der Waals surface area contributed by atoms with Gasteiger partial charge >= 0.3 is 0 Å². The Kier molecular flexibility index (Phi) is 5.21. The fourth-order valence-electron chi connectivity index (χ4n) is 3.10. The summed E-state index contributed by atoms with van der Waals surface area (Å²) in [5, 5.41) is 3.96. The van der Waals surface area contributed by atoms with Crippen molar-refractivity contribution in [2.75, 3.05) is 6.54 Å². The number of thiophene rings is 1. The van der Waals surface area contributed by atoms with Crippen molar-refractivity contribution in [3.8, 4) is 0 Å². The van der Waals surface area contributed by atoms with Crippen molar-refractivity contribution in [3.63, 3.8) is 0 Å². The molecule has 134 valence electrons. The fraction of sp³-hybridized carbons (Fsp3) is 0.353. The van der Waals surface area contributed by atoms with Crippen LogP contribution in [0.5, 0.6) is 0 Å². The van der Waals surface area contributed by atoms with E-state index in [9.17, 15) is 17.6 Å². The number of nitrogens with one attached hydrogen (secondary N) is 1. The van der Waals surface area contributed by atoms with E-state index in [1.165, 1.54) is 25.1 Å². The van der Waals surface area contributed by atoms with E-state index in [1.54, 1.807) is 16.2 Å². The molecule has 25 heavy (non-hydrogen) atoms. The molecule has 1 aromatic carbocycles. The van der Waals surface area contributed by atoms with Gasteiger partial charge in [0.05, 0.1) is 12.1 Å². The zero-order valence-corrected chi connectivity index (χ0v) is 15.3. The predicted octanol–water partition coefficient (Wildman–Crippen LogP) is 2.92. The smallest absolute Gasteiger partial charge is 0.244 e. The van der Waals surface area contributed by atoms with E-state index in [2.05, 4.69) is 4.72 Å². The minimum Gasteiger partial charge on any atom is -0.334 e. The molecule has 1 fully saturated rings. The first-order valence-corrected chi connectivity index (χ1v) is 10.4. The molecule has 5 nitrogen and oxygen atoms in total. The Morgan fingerprint density at radius 1 is 1.36 bits per heavy atom. The maximum Gasteiger partial charge on any atom is 0.244 e. The summed E-state index contributed by atoms with van der Waals surface area (Å²) >= 11 is 1.57. The summed E-state index contributed by atoms with van der Waals surface area (Å²) in [7, 11) is -4.11. The van der Waals surface area contributed by atoms with Gasteiger partial charge in [-0.15, -0.1) is 0 Å². The quantitative estimate of drug-likeness (QED) is 0.865. The van der Waals surface area contributed by atoms with Crippen LogP contribution in [0.1, 0.15) is 31.4 Å². The molecule has 1 aliphatic rings. The topological polar surface area (TPSA) is 66.5 Å². The molecular formula is C17H19FN2O3S2. The maximum atomic E-state index is 13.8. The van der Waals surface area contributed by atoms with Crippen LogP contribution >= 0.6 is 11.3 Å². The molecule has 8 heteroatoms. The van der Waals surface area contributed by atoms with E-state index in [4.69, 9.17) is 0 Å². The number of benzene rings is 1. The number of sulfonamides is 1. The Hall–Kier alpha value is -1.77. The van der Waals surface area contributed by atoms with Gasteiger partial charge in [-0.05, 0) is 54.3 Å². The van der Waals surface area contributed by atoms with Gasteiger partial charge in [0.1, 0.15) is 10.7 Å². The lowest BCUT2D eigenvalue weighted by Crippen LogP contribution is -2.46. The normalized spacial score (nSPS) is 19.1. The van der Waals surface area contributed by atoms with E-state index in [0.717, 1.165) is 24.5 Å². The van der Waals surface area contributed by atoms with Gasteiger partial charge in [-0.25, -0.2) is 12.8 Å². The molecule has 1 amide bonds. The van der Waals surface area contributed by atoms with Crippen molar-refractivity contribution in [2.45, 2.75) is 36.7 Å². The number of carbonyl (C=O) groups is 1. The molecule has 0 spiro atoms. The van der Waals surface area contributed by atoms with E-state index >= 15 is 0 Å². The van der Waals surface area contributed by atoms with Crippen LogP contribution in [0.3, 0.4) is 0 Å². The van der Waals surface area contributed by atoms with Crippen LogP contribution < -0.4 is 4.72 Å². The molecule has 0 unspecified atom stereocenters. The van der Waals surface area contributed by atoms with Crippen LogP contribution in [0.25, 0.3) is 0 Å². The zero-order chi connectivity index (χ0) is 18.0. The largest absolute Gasteiger partial charge is 0.334 e. The highest BCUT2D eigenvalue weighted by atomic mass is 32.2. The summed E-state index contributed by atoms with van der Waals surface area (Å²) in [6, 6.07) is 6.10. The summed E-state index contributed by atoms with van der Waals surface area (Å²) < 4.78 is 40.8. The van der Waals surface area contributed by atoms with Gasteiger partial charge in [-0.3, -0.25) is 4.79 Å². The van der Waals surface area contributed by atoms with Crippen LogP contribution in [0.15, 0.2) is 46.0 Å². The van der Waals surface area contributed by atoms with Crippen LogP contribution in [-0.2, 0) is 14.8 Å². The van der Waals surface area contributed by atoms with E-state index < -0.39 is 26.8 Å². The molecule has 1 N–H and O–H groups in total. The molecule has 2 heterocycles. The monoisotopic (exact) mass is 382 g/mol. The zero-order valence-electron chi connectivity index (χ0n) is 13.7. The first-order valence-electron chi connectivity index (χ1n) is 7.99. The number of hydrogen-bond acceptors (Lipinski definition) is 4. The van der Waals surface area contributed by atoms with Crippen LogP contribution in [-0.4, -0.2) is 31.8 Å². The lowest BCUT2D eigenvalue weighted by molar-refractivity contribution is -0.133. The average Bonchev–Trinajstić information content (AvgIpc) is 3.24. The number of carbonyl (C=O) groups excluding carboxylic acids is 1. The number of amides is 1. The second-order valence-electron chi connectivity index (χ2n) is 6.02. The maximum absolute atomic E-state index is 13.8. The summed E-state index contributed by atoms with van der Waals surface area (Å²) in [5.74, 6) is -1.14. The molecule has 2 atom stereocenters. The van der Waals surface area contributed by atoms with Gasteiger partial charge < -0.3 is 4.90 Å². The number of hydrogen-bond donors (Lipinski definition) is 1. The lowest BCUT2D eigenvalue weighted by atomic mass is 10.1. The van der Waals surface area contributed by atoms with Crippen molar-refractivity contribution < 1.29 is 17.6 Å². The molecule has 0 radical (unpaired) electrons. The second kappa shape index (κ2) is 7.23. The van der Waals surface area contributed by atoms with E-state index in [0.29, 0.717) is 6.54 Å². The van der Waals surface area contributed by atoms with Crippen molar-refractivity contribution in [1.82, 2.24) is 9.62 Å². The predicted molar refractivity (Wildman–Crippen MR) is 94.2 cm³/mol. The average molecular weight is 382 g/mol. The minimum atomic E-state index is -4.11. The third-order valence-corrected chi connectivity index (χ3v) is 6.57. The van der Waals surface area contributed by atoms with Gasteiger partial charge in [0.2, 0.25) is 15.9 Å². The van der Waals surface area contributed by atoms with Gasteiger partial charge in [-0.1, -0.05) is 12.1 Å². The van der Waals surface area contributed by atoms with Crippen molar-refractivity contribution in [2.24, 2.45) is 0 Å². The molecule has 2 aromatic rings. The summed E-state index contributed by atoms with van der Waals surface area (Å²) in [6.07, 6.45) is 1.73. The van der Waals surface area contributed by atoms with Gasteiger partial charge in [0.15, 0.2) is 0 Å². The van der Waals surface area contributed by atoms with Gasteiger partial charge in [0, 0.05) is 6.54 Å². The van der Waals surface area contributed by atoms with Crippen LogP contribution in [0.2, 0.25) is 0 Å². The van der Waals surface area contributed by atoms with Crippen molar-refractivity contribution >= 4 is 27.3 Å². The molecule has 0 bridgehead atoms. The Balaban J connectivity index is 1.75. The Morgan fingerprint density at radius 3 is 2.80 bits per heavy atom. The number of rotatable bonds is 5. The van der Waals surface area contributed by atoms with Gasteiger partial charge in [0.25, 0.3) is 0 Å². The highest BCUT2D eigenvalue weighted by molar-refractivity contribution is 7.89.